The zero-order chi connectivity index (χ0) is 17.6. The summed E-state index contributed by atoms with van der Waals surface area (Å²) in [7, 11) is 0. The molecule has 1 unspecified atom stereocenters. The number of alkyl halides is 3. The summed E-state index contributed by atoms with van der Waals surface area (Å²) in [4.78, 5) is 0. The number of rotatable bonds is 6. The molecular formula is C20H21F3O. The third-order valence-corrected chi connectivity index (χ3v) is 3.92. The quantitative estimate of drug-likeness (QED) is 0.694. The monoisotopic (exact) mass is 334 g/mol. The fourth-order valence-corrected chi connectivity index (χ4v) is 2.70. The normalized spacial score (nSPS) is 14.2. The minimum atomic E-state index is -4.48. The zero-order valence-electron chi connectivity index (χ0n) is 13.6. The standard InChI is InChI=1S/C20H21F3O/c1-2-3-14-17(20(21,22)23)18(15-10-6-4-7-11-15)19(24)16-12-8-5-9-13-16/h4-13,19,24H,2-3,14H2,1H3/b18-17-. The van der Waals surface area contributed by atoms with Gasteiger partial charge in [-0.3, -0.25) is 0 Å². The van der Waals surface area contributed by atoms with Gasteiger partial charge in [-0.05, 0) is 24.0 Å². The van der Waals surface area contributed by atoms with Gasteiger partial charge < -0.3 is 5.11 Å². The summed E-state index contributed by atoms with van der Waals surface area (Å²) in [6.07, 6.45) is -4.82. The van der Waals surface area contributed by atoms with Crippen molar-refractivity contribution in [2.24, 2.45) is 0 Å². The van der Waals surface area contributed by atoms with Crippen LogP contribution < -0.4 is 0 Å². The highest BCUT2D eigenvalue weighted by Crippen LogP contribution is 2.41. The summed E-state index contributed by atoms with van der Waals surface area (Å²) < 4.78 is 41.1. The van der Waals surface area contributed by atoms with Gasteiger partial charge in [-0.15, -0.1) is 0 Å². The smallest absolute Gasteiger partial charge is 0.384 e. The van der Waals surface area contributed by atoms with Crippen LogP contribution in [0.25, 0.3) is 5.57 Å². The fraction of sp³-hybridized carbons (Fsp3) is 0.300. The number of hydrogen-bond acceptors (Lipinski definition) is 1. The molecular weight excluding hydrogens is 313 g/mol. The maximum Gasteiger partial charge on any atom is 0.413 e. The molecule has 0 aliphatic carbocycles. The van der Waals surface area contributed by atoms with E-state index in [1.165, 1.54) is 0 Å². The highest BCUT2D eigenvalue weighted by molar-refractivity contribution is 5.74. The van der Waals surface area contributed by atoms with Gasteiger partial charge in [0, 0.05) is 11.1 Å². The van der Waals surface area contributed by atoms with Crippen molar-refractivity contribution in [1.82, 2.24) is 0 Å². The van der Waals surface area contributed by atoms with Crippen molar-refractivity contribution in [3.8, 4) is 0 Å². The van der Waals surface area contributed by atoms with Crippen molar-refractivity contribution < 1.29 is 18.3 Å². The maximum absolute atomic E-state index is 13.7. The van der Waals surface area contributed by atoms with E-state index >= 15 is 0 Å². The Kier molecular flexibility index (Phi) is 6.21. The van der Waals surface area contributed by atoms with E-state index in [0.29, 0.717) is 24.0 Å². The van der Waals surface area contributed by atoms with Crippen LogP contribution in [0, 0.1) is 0 Å². The van der Waals surface area contributed by atoms with Crippen molar-refractivity contribution in [3.63, 3.8) is 0 Å². The molecule has 0 saturated heterocycles. The van der Waals surface area contributed by atoms with Crippen LogP contribution in [0.3, 0.4) is 0 Å². The molecule has 2 aromatic rings. The van der Waals surface area contributed by atoms with Crippen LogP contribution in [0.1, 0.15) is 43.4 Å². The van der Waals surface area contributed by atoms with Gasteiger partial charge in [-0.1, -0.05) is 74.0 Å². The predicted molar refractivity (Wildman–Crippen MR) is 90.3 cm³/mol. The molecule has 0 aliphatic heterocycles. The molecule has 0 radical (unpaired) electrons. The molecule has 0 fully saturated rings. The summed E-state index contributed by atoms with van der Waals surface area (Å²) in [5, 5.41) is 10.7. The topological polar surface area (TPSA) is 20.2 Å². The van der Waals surface area contributed by atoms with E-state index in [1.807, 2.05) is 6.92 Å². The van der Waals surface area contributed by atoms with E-state index in [0.717, 1.165) is 0 Å². The number of aliphatic hydroxyl groups is 1. The number of allylic oxidation sites excluding steroid dienone is 1. The van der Waals surface area contributed by atoms with Gasteiger partial charge in [0.05, 0.1) is 0 Å². The van der Waals surface area contributed by atoms with Gasteiger partial charge >= 0.3 is 6.18 Å². The molecule has 0 saturated carbocycles. The Morgan fingerprint density at radius 1 is 0.958 bits per heavy atom. The summed E-state index contributed by atoms with van der Waals surface area (Å²) >= 11 is 0. The molecule has 0 amide bonds. The molecule has 0 bridgehead atoms. The highest BCUT2D eigenvalue weighted by Gasteiger charge is 2.37. The fourth-order valence-electron chi connectivity index (χ4n) is 2.70. The van der Waals surface area contributed by atoms with Crippen LogP contribution in [-0.4, -0.2) is 11.3 Å². The molecule has 1 N–H and O–H groups in total. The summed E-state index contributed by atoms with van der Waals surface area (Å²) in [6.45, 7) is 1.85. The summed E-state index contributed by atoms with van der Waals surface area (Å²) in [6, 6.07) is 16.8. The largest absolute Gasteiger partial charge is 0.413 e. The second-order valence-corrected chi connectivity index (χ2v) is 5.67. The van der Waals surface area contributed by atoms with E-state index in [-0.39, 0.29) is 12.0 Å². The Labute approximate surface area is 140 Å². The molecule has 0 heterocycles. The average molecular weight is 334 g/mol. The van der Waals surface area contributed by atoms with Crippen molar-refractivity contribution in [2.75, 3.05) is 0 Å². The molecule has 24 heavy (non-hydrogen) atoms. The highest BCUT2D eigenvalue weighted by atomic mass is 19.4. The van der Waals surface area contributed by atoms with E-state index in [4.69, 9.17) is 0 Å². The number of unbranched alkanes of at least 4 members (excludes halogenated alkanes) is 1. The summed E-state index contributed by atoms with van der Waals surface area (Å²) in [5.74, 6) is 0. The van der Waals surface area contributed by atoms with Crippen molar-refractivity contribution in [1.29, 1.82) is 0 Å². The van der Waals surface area contributed by atoms with Gasteiger partial charge in [0.2, 0.25) is 0 Å². The lowest BCUT2D eigenvalue weighted by molar-refractivity contribution is -0.0941. The Hall–Kier alpha value is -2.07. The predicted octanol–water partition coefficient (Wildman–Crippen LogP) is 5.93. The van der Waals surface area contributed by atoms with Crippen LogP contribution >= 0.6 is 0 Å². The van der Waals surface area contributed by atoms with E-state index in [9.17, 15) is 18.3 Å². The lowest BCUT2D eigenvalue weighted by Crippen LogP contribution is -2.17. The molecule has 2 aromatic carbocycles. The zero-order valence-corrected chi connectivity index (χ0v) is 13.6. The second-order valence-electron chi connectivity index (χ2n) is 5.67. The van der Waals surface area contributed by atoms with E-state index in [1.54, 1.807) is 60.7 Å². The van der Waals surface area contributed by atoms with Crippen molar-refractivity contribution in [3.05, 3.63) is 77.4 Å². The molecule has 0 aromatic heterocycles. The molecule has 128 valence electrons. The first-order chi connectivity index (χ1) is 11.4. The van der Waals surface area contributed by atoms with Crippen LogP contribution in [0.5, 0.6) is 0 Å². The Balaban J connectivity index is 2.62. The molecule has 0 aliphatic rings. The Morgan fingerprint density at radius 3 is 2.00 bits per heavy atom. The first-order valence-corrected chi connectivity index (χ1v) is 8.03. The summed E-state index contributed by atoms with van der Waals surface area (Å²) in [5.41, 5.74) is 0.154. The Morgan fingerprint density at radius 2 is 1.50 bits per heavy atom. The second kappa shape index (κ2) is 8.15. The van der Waals surface area contributed by atoms with Crippen molar-refractivity contribution in [2.45, 2.75) is 38.5 Å². The third-order valence-electron chi connectivity index (χ3n) is 3.92. The lowest BCUT2D eigenvalue weighted by Gasteiger charge is -2.23. The first kappa shape index (κ1) is 18.3. The van der Waals surface area contributed by atoms with Crippen LogP contribution in [0.4, 0.5) is 13.2 Å². The van der Waals surface area contributed by atoms with Gasteiger partial charge in [0.25, 0.3) is 0 Å². The third kappa shape index (κ3) is 4.48. The van der Waals surface area contributed by atoms with Crippen LogP contribution in [0.15, 0.2) is 66.2 Å². The van der Waals surface area contributed by atoms with Gasteiger partial charge in [-0.25, -0.2) is 0 Å². The lowest BCUT2D eigenvalue weighted by atomic mass is 9.88. The minimum absolute atomic E-state index is 0.0530. The Bertz CT molecular complexity index is 660. The molecule has 2 rings (SSSR count). The van der Waals surface area contributed by atoms with Crippen LogP contribution in [0.2, 0.25) is 0 Å². The minimum Gasteiger partial charge on any atom is -0.384 e. The SMILES string of the molecule is CCCC/C(=C(\c1ccccc1)C(O)c1ccccc1)C(F)(F)F. The van der Waals surface area contributed by atoms with Gasteiger partial charge in [0.1, 0.15) is 6.10 Å². The van der Waals surface area contributed by atoms with Crippen LogP contribution in [-0.2, 0) is 0 Å². The number of halogens is 3. The number of aliphatic hydroxyl groups excluding tert-OH is 1. The van der Waals surface area contributed by atoms with Crippen molar-refractivity contribution >= 4 is 5.57 Å². The molecule has 1 atom stereocenters. The first-order valence-electron chi connectivity index (χ1n) is 8.03. The number of benzene rings is 2. The van der Waals surface area contributed by atoms with Gasteiger partial charge in [0.15, 0.2) is 0 Å². The maximum atomic E-state index is 13.7. The van der Waals surface area contributed by atoms with E-state index < -0.39 is 17.9 Å². The number of hydrogen-bond donors (Lipinski definition) is 1. The van der Waals surface area contributed by atoms with Gasteiger partial charge in [-0.2, -0.15) is 13.2 Å². The van der Waals surface area contributed by atoms with E-state index in [2.05, 4.69) is 0 Å². The average Bonchev–Trinajstić information content (AvgIpc) is 2.58. The molecule has 1 nitrogen and oxygen atoms in total. The molecule has 0 spiro atoms. The molecule has 4 heteroatoms.